The molecule has 1 fully saturated rings. The molecule has 1 aliphatic rings. The Bertz CT molecular complexity index is 622. The van der Waals surface area contributed by atoms with E-state index in [4.69, 9.17) is 11.6 Å². The van der Waals surface area contributed by atoms with Crippen molar-refractivity contribution in [3.05, 3.63) is 40.9 Å². The first-order chi connectivity index (χ1) is 10.1. The number of hydrogen-bond acceptors (Lipinski definition) is 3. The van der Waals surface area contributed by atoms with Crippen LogP contribution >= 0.6 is 11.6 Å². The highest BCUT2D eigenvalue weighted by molar-refractivity contribution is 6.32. The van der Waals surface area contributed by atoms with Gasteiger partial charge < -0.3 is 4.90 Å². The van der Waals surface area contributed by atoms with Crippen molar-refractivity contribution in [3.8, 4) is 5.69 Å². The molecule has 1 atom stereocenters. The Morgan fingerprint density at radius 1 is 1.29 bits per heavy atom. The van der Waals surface area contributed by atoms with Gasteiger partial charge in [-0.3, -0.25) is 0 Å². The molecule has 0 aliphatic carbocycles. The molecule has 21 heavy (non-hydrogen) atoms. The first-order valence-corrected chi connectivity index (χ1v) is 7.90. The molecule has 3 rings (SSSR count). The summed E-state index contributed by atoms with van der Waals surface area (Å²) in [5, 5.41) is 5.24. The van der Waals surface area contributed by atoms with Crippen LogP contribution in [0.1, 0.15) is 30.9 Å². The van der Waals surface area contributed by atoms with Gasteiger partial charge in [-0.15, -0.1) is 0 Å². The van der Waals surface area contributed by atoms with Crippen LogP contribution in [-0.2, 0) is 6.42 Å². The first kappa shape index (κ1) is 14.5. The number of likely N-dealkylation sites (N-methyl/N-ethyl adjacent to an activating group) is 1. The molecule has 0 amide bonds. The molecule has 0 N–H and O–H groups in total. The van der Waals surface area contributed by atoms with Crippen molar-refractivity contribution in [2.24, 2.45) is 0 Å². The minimum atomic E-state index is 0.545. The molecular weight excluding hydrogens is 284 g/mol. The summed E-state index contributed by atoms with van der Waals surface area (Å²) >= 11 is 6.31. The number of nitrogens with zero attached hydrogens (tertiary/aromatic N) is 4. The lowest BCUT2D eigenvalue weighted by Crippen LogP contribution is -2.38. The normalized spacial score (nSPS) is 19.9. The Morgan fingerprint density at radius 3 is 2.86 bits per heavy atom. The number of halogens is 1. The van der Waals surface area contributed by atoms with E-state index >= 15 is 0 Å². The summed E-state index contributed by atoms with van der Waals surface area (Å²) in [5.41, 5.74) is 0.910. The summed E-state index contributed by atoms with van der Waals surface area (Å²) in [7, 11) is 2.20. The van der Waals surface area contributed by atoms with Crippen molar-refractivity contribution in [1.82, 2.24) is 19.7 Å². The number of aromatic nitrogens is 3. The monoisotopic (exact) mass is 304 g/mol. The summed E-state index contributed by atoms with van der Waals surface area (Å²) in [6.45, 7) is 3.10. The highest BCUT2D eigenvalue weighted by Crippen LogP contribution is 2.23. The van der Waals surface area contributed by atoms with Crippen LogP contribution in [0.3, 0.4) is 0 Å². The Balaban J connectivity index is 1.91. The SMILES string of the molecule is Cc1nc(C[C@H]2CCCCN2C)n(-c2ccccc2Cl)n1. The molecule has 0 saturated carbocycles. The molecule has 0 bridgehead atoms. The highest BCUT2D eigenvalue weighted by Gasteiger charge is 2.22. The molecule has 5 heteroatoms. The van der Waals surface area contributed by atoms with Crippen LogP contribution < -0.4 is 0 Å². The quantitative estimate of drug-likeness (QED) is 0.873. The van der Waals surface area contributed by atoms with Gasteiger partial charge in [0.25, 0.3) is 0 Å². The predicted molar refractivity (Wildman–Crippen MR) is 85.1 cm³/mol. The predicted octanol–water partition coefficient (Wildman–Crippen LogP) is 3.26. The molecule has 0 radical (unpaired) electrons. The third-order valence-electron chi connectivity index (χ3n) is 4.20. The number of para-hydroxylation sites is 1. The molecule has 112 valence electrons. The fourth-order valence-electron chi connectivity index (χ4n) is 3.02. The maximum absolute atomic E-state index is 6.31. The Hall–Kier alpha value is -1.39. The Labute approximate surface area is 130 Å². The van der Waals surface area contributed by atoms with E-state index in [1.807, 2.05) is 35.9 Å². The molecule has 2 aromatic rings. The van der Waals surface area contributed by atoms with Crippen LogP contribution in [0.15, 0.2) is 24.3 Å². The topological polar surface area (TPSA) is 34.0 Å². The number of aryl methyl sites for hydroxylation is 1. The van der Waals surface area contributed by atoms with E-state index < -0.39 is 0 Å². The van der Waals surface area contributed by atoms with Gasteiger partial charge in [-0.25, -0.2) is 9.67 Å². The van der Waals surface area contributed by atoms with Crippen molar-refractivity contribution in [3.63, 3.8) is 0 Å². The molecule has 0 spiro atoms. The summed E-state index contributed by atoms with van der Waals surface area (Å²) in [6, 6.07) is 8.34. The van der Waals surface area contributed by atoms with Crippen molar-refractivity contribution >= 4 is 11.6 Å². The Morgan fingerprint density at radius 2 is 2.10 bits per heavy atom. The smallest absolute Gasteiger partial charge is 0.148 e. The second kappa shape index (κ2) is 6.16. The lowest BCUT2D eigenvalue weighted by molar-refractivity contribution is 0.182. The minimum absolute atomic E-state index is 0.545. The molecule has 0 unspecified atom stereocenters. The van der Waals surface area contributed by atoms with Crippen molar-refractivity contribution in [2.45, 2.75) is 38.6 Å². The summed E-state index contributed by atoms with van der Waals surface area (Å²) in [4.78, 5) is 7.06. The van der Waals surface area contributed by atoms with Gasteiger partial charge in [-0.2, -0.15) is 5.10 Å². The lowest BCUT2D eigenvalue weighted by atomic mass is 10.00. The van der Waals surface area contributed by atoms with Crippen LogP contribution in [-0.4, -0.2) is 39.3 Å². The van der Waals surface area contributed by atoms with Crippen LogP contribution in [0.25, 0.3) is 5.69 Å². The zero-order chi connectivity index (χ0) is 14.8. The zero-order valence-corrected chi connectivity index (χ0v) is 13.3. The van der Waals surface area contributed by atoms with Gasteiger partial charge in [0, 0.05) is 12.5 Å². The van der Waals surface area contributed by atoms with E-state index in [9.17, 15) is 0 Å². The lowest BCUT2D eigenvalue weighted by Gasteiger charge is -2.32. The van der Waals surface area contributed by atoms with Crippen molar-refractivity contribution < 1.29 is 0 Å². The van der Waals surface area contributed by atoms with E-state index in [-0.39, 0.29) is 0 Å². The van der Waals surface area contributed by atoms with E-state index in [0.29, 0.717) is 11.1 Å². The number of rotatable bonds is 3. The minimum Gasteiger partial charge on any atom is -0.303 e. The number of piperidine rings is 1. The van der Waals surface area contributed by atoms with Gasteiger partial charge in [0.2, 0.25) is 0 Å². The zero-order valence-electron chi connectivity index (χ0n) is 12.6. The fraction of sp³-hybridized carbons (Fsp3) is 0.500. The number of hydrogen-bond donors (Lipinski definition) is 0. The van der Waals surface area contributed by atoms with Gasteiger partial charge in [0.1, 0.15) is 11.6 Å². The van der Waals surface area contributed by atoms with Gasteiger partial charge in [0.05, 0.1) is 10.7 Å². The highest BCUT2D eigenvalue weighted by atomic mass is 35.5. The first-order valence-electron chi connectivity index (χ1n) is 7.53. The van der Waals surface area contributed by atoms with Crippen LogP contribution in [0.2, 0.25) is 5.02 Å². The van der Waals surface area contributed by atoms with E-state index in [2.05, 4.69) is 22.0 Å². The summed E-state index contributed by atoms with van der Waals surface area (Å²) in [6.07, 6.45) is 4.74. The third kappa shape index (κ3) is 3.11. The molecule has 1 aliphatic heterocycles. The van der Waals surface area contributed by atoms with Crippen LogP contribution in [0.4, 0.5) is 0 Å². The molecule has 1 aromatic heterocycles. The van der Waals surface area contributed by atoms with Gasteiger partial charge in [0.15, 0.2) is 0 Å². The van der Waals surface area contributed by atoms with Gasteiger partial charge >= 0.3 is 0 Å². The van der Waals surface area contributed by atoms with Crippen LogP contribution in [0.5, 0.6) is 0 Å². The molecule has 2 heterocycles. The molecule has 1 aromatic carbocycles. The summed E-state index contributed by atoms with van der Waals surface area (Å²) in [5.74, 6) is 1.79. The van der Waals surface area contributed by atoms with Crippen molar-refractivity contribution in [2.75, 3.05) is 13.6 Å². The average molecular weight is 305 g/mol. The fourth-order valence-corrected chi connectivity index (χ4v) is 3.24. The molecule has 4 nitrogen and oxygen atoms in total. The van der Waals surface area contributed by atoms with Crippen molar-refractivity contribution in [1.29, 1.82) is 0 Å². The van der Waals surface area contributed by atoms with E-state index in [1.54, 1.807) is 0 Å². The van der Waals surface area contributed by atoms with E-state index in [0.717, 1.165) is 23.8 Å². The maximum Gasteiger partial charge on any atom is 0.148 e. The average Bonchev–Trinajstić information content (AvgIpc) is 2.82. The molecule has 1 saturated heterocycles. The largest absolute Gasteiger partial charge is 0.303 e. The number of benzene rings is 1. The van der Waals surface area contributed by atoms with E-state index in [1.165, 1.54) is 25.8 Å². The van der Waals surface area contributed by atoms with Gasteiger partial charge in [-0.1, -0.05) is 30.2 Å². The Kier molecular flexibility index (Phi) is 4.27. The third-order valence-corrected chi connectivity index (χ3v) is 4.52. The molecular formula is C16H21ClN4. The maximum atomic E-state index is 6.31. The second-order valence-corrected chi connectivity index (χ2v) is 6.18. The standard InChI is InChI=1S/C16H21ClN4/c1-12-18-16(11-13-7-5-6-10-20(13)2)21(19-12)15-9-4-3-8-14(15)17/h3-4,8-9,13H,5-7,10-11H2,1-2H3/t13-/m1/s1. The van der Waals surface area contributed by atoms with Gasteiger partial charge in [-0.05, 0) is 45.5 Å². The number of likely N-dealkylation sites (tertiary alicyclic amines) is 1. The second-order valence-electron chi connectivity index (χ2n) is 5.77. The summed E-state index contributed by atoms with van der Waals surface area (Å²) < 4.78 is 1.90. The van der Waals surface area contributed by atoms with Crippen LogP contribution in [0, 0.1) is 6.92 Å².